The molecule has 0 saturated carbocycles. The zero-order chi connectivity index (χ0) is 17.4. The van der Waals surface area contributed by atoms with E-state index in [1.165, 1.54) is 5.57 Å². The zero-order valence-corrected chi connectivity index (χ0v) is 17.8. The van der Waals surface area contributed by atoms with Gasteiger partial charge in [-0.2, -0.15) is 0 Å². The summed E-state index contributed by atoms with van der Waals surface area (Å²) in [5, 5.41) is 0. The van der Waals surface area contributed by atoms with Gasteiger partial charge in [0.1, 0.15) is 13.7 Å². The fourth-order valence-electron chi connectivity index (χ4n) is 3.02. The molecule has 0 aliphatic heterocycles. The Morgan fingerprint density at radius 1 is 1.14 bits per heavy atom. The van der Waals surface area contributed by atoms with Gasteiger partial charge in [0.15, 0.2) is 14.6 Å². The van der Waals surface area contributed by atoms with Crippen LogP contribution in [0.2, 0.25) is 39.3 Å². The van der Waals surface area contributed by atoms with Crippen molar-refractivity contribution in [2.75, 3.05) is 0 Å². The van der Waals surface area contributed by atoms with E-state index >= 15 is 0 Å². The van der Waals surface area contributed by atoms with Crippen molar-refractivity contribution in [2.45, 2.75) is 78.5 Å². The molecule has 1 aliphatic carbocycles. The summed E-state index contributed by atoms with van der Waals surface area (Å²) in [6.07, 6.45) is 2.70. The summed E-state index contributed by atoms with van der Waals surface area (Å²) in [5.74, 6) is 3.44. The minimum Gasteiger partial charge on any atom is -0.404 e. The number of rotatable bonds is 3. The smallest absolute Gasteiger partial charge is 0.185 e. The molecule has 1 rings (SSSR count). The average molecular weight is 337 g/mol. The number of carbonyl (C=O) groups excluding carboxylic acids is 1. The number of hydrogen-bond acceptors (Lipinski definition) is 2. The van der Waals surface area contributed by atoms with Crippen molar-refractivity contribution in [1.29, 1.82) is 0 Å². The monoisotopic (exact) mass is 336 g/mol. The van der Waals surface area contributed by atoms with E-state index in [1.807, 2.05) is 0 Å². The SMILES string of the molecule is CC1=C(C#C[Si](C)(C)C)C(C)(C)C(C=O)(O[Si](C)(C)C)CC1. The standard InChI is InChI=1S/C18H32O2Si2/c1-15-10-12-18(14-19,20-22(7,8)9)17(2,3)16(15)11-13-21(4,5)6/h14H,10,12H2,1-9H3. The van der Waals surface area contributed by atoms with E-state index in [9.17, 15) is 4.79 Å². The minimum absolute atomic E-state index is 0.371. The highest BCUT2D eigenvalue weighted by atomic mass is 28.4. The van der Waals surface area contributed by atoms with Crippen LogP contribution >= 0.6 is 0 Å². The van der Waals surface area contributed by atoms with Crippen molar-refractivity contribution >= 4 is 22.7 Å². The summed E-state index contributed by atoms with van der Waals surface area (Å²) < 4.78 is 6.42. The van der Waals surface area contributed by atoms with Crippen molar-refractivity contribution in [3.63, 3.8) is 0 Å². The Kier molecular flexibility index (Phi) is 5.39. The third-order valence-corrected chi connectivity index (χ3v) is 6.07. The maximum atomic E-state index is 12.1. The van der Waals surface area contributed by atoms with Crippen LogP contribution < -0.4 is 0 Å². The van der Waals surface area contributed by atoms with E-state index in [0.29, 0.717) is 0 Å². The van der Waals surface area contributed by atoms with E-state index < -0.39 is 22.0 Å². The van der Waals surface area contributed by atoms with E-state index in [0.717, 1.165) is 24.7 Å². The first-order valence-corrected chi connectivity index (χ1v) is 15.0. The molecular weight excluding hydrogens is 304 g/mol. The molecule has 0 aromatic carbocycles. The van der Waals surface area contributed by atoms with E-state index in [-0.39, 0.29) is 5.41 Å². The lowest BCUT2D eigenvalue weighted by Crippen LogP contribution is -2.56. The summed E-state index contributed by atoms with van der Waals surface area (Å²) in [6.45, 7) is 19.6. The summed E-state index contributed by atoms with van der Waals surface area (Å²) in [5.41, 5.74) is 4.80. The summed E-state index contributed by atoms with van der Waals surface area (Å²) in [7, 11) is -3.28. The van der Waals surface area contributed by atoms with Gasteiger partial charge in [0.25, 0.3) is 0 Å². The van der Waals surface area contributed by atoms with Crippen LogP contribution in [0.3, 0.4) is 0 Å². The van der Waals surface area contributed by atoms with Crippen LogP contribution in [0, 0.1) is 16.9 Å². The largest absolute Gasteiger partial charge is 0.404 e. The third kappa shape index (κ3) is 4.21. The summed E-state index contributed by atoms with van der Waals surface area (Å²) in [4.78, 5) is 12.1. The van der Waals surface area contributed by atoms with Gasteiger partial charge in [-0.1, -0.05) is 45.0 Å². The Balaban J connectivity index is 3.40. The van der Waals surface area contributed by atoms with Crippen LogP contribution in [0.25, 0.3) is 0 Å². The molecule has 0 saturated heterocycles. The Hall–Kier alpha value is -0.636. The molecule has 0 bridgehead atoms. The molecule has 1 unspecified atom stereocenters. The second-order valence-corrected chi connectivity index (χ2v) is 18.2. The molecule has 2 nitrogen and oxygen atoms in total. The molecule has 0 heterocycles. The van der Waals surface area contributed by atoms with Crippen molar-refractivity contribution in [3.05, 3.63) is 11.1 Å². The Labute approximate surface area is 138 Å². The van der Waals surface area contributed by atoms with Crippen LogP contribution in [0.4, 0.5) is 0 Å². The normalized spacial score (nSPS) is 25.5. The number of carbonyl (C=O) groups is 1. The summed E-state index contributed by atoms with van der Waals surface area (Å²) in [6, 6.07) is 0. The van der Waals surface area contributed by atoms with Gasteiger partial charge in [-0.15, -0.1) is 5.54 Å². The second kappa shape index (κ2) is 6.11. The lowest BCUT2D eigenvalue weighted by Gasteiger charge is -2.49. The van der Waals surface area contributed by atoms with Gasteiger partial charge in [0, 0.05) is 11.0 Å². The van der Waals surface area contributed by atoms with E-state index in [2.05, 4.69) is 71.5 Å². The first-order valence-electron chi connectivity index (χ1n) is 8.14. The van der Waals surface area contributed by atoms with Crippen LogP contribution in [0.15, 0.2) is 11.1 Å². The lowest BCUT2D eigenvalue weighted by atomic mass is 9.63. The first-order chi connectivity index (χ1) is 9.74. The van der Waals surface area contributed by atoms with Gasteiger partial charge in [-0.3, -0.25) is 0 Å². The molecule has 0 aromatic rings. The third-order valence-electron chi connectivity index (χ3n) is 4.22. The second-order valence-electron chi connectivity index (χ2n) is 9.00. The predicted molar refractivity (Wildman–Crippen MR) is 100 cm³/mol. The van der Waals surface area contributed by atoms with Crippen LogP contribution in [-0.2, 0) is 9.22 Å². The number of allylic oxidation sites excluding steroid dienone is 1. The Morgan fingerprint density at radius 3 is 2.09 bits per heavy atom. The Morgan fingerprint density at radius 2 is 1.68 bits per heavy atom. The van der Waals surface area contributed by atoms with Crippen molar-refractivity contribution < 1.29 is 9.22 Å². The molecule has 0 radical (unpaired) electrons. The van der Waals surface area contributed by atoms with Crippen molar-refractivity contribution in [2.24, 2.45) is 5.41 Å². The van der Waals surface area contributed by atoms with E-state index in [1.54, 1.807) is 0 Å². The van der Waals surface area contributed by atoms with Crippen molar-refractivity contribution in [3.8, 4) is 11.5 Å². The topological polar surface area (TPSA) is 26.3 Å². The van der Waals surface area contributed by atoms with E-state index in [4.69, 9.17) is 4.43 Å². The Bertz CT molecular complexity index is 536. The van der Waals surface area contributed by atoms with Crippen LogP contribution in [0.1, 0.15) is 33.6 Å². The molecule has 124 valence electrons. The molecule has 0 aromatic heterocycles. The highest BCUT2D eigenvalue weighted by molar-refractivity contribution is 6.83. The molecule has 4 heteroatoms. The highest BCUT2D eigenvalue weighted by Gasteiger charge is 2.52. The average Bonchev–Trinajstić information content (AvgIpc) is 2.29. The molecule has 0 amide bonds. The van der Waals surface area contributed by atoms with Gasteiger partial charge in [0.05, 0.1) is 0 Å². The fourth-order valence-corrected chi connectivity index (χ4v) is 5.02. The predicted octanol–water partition coefficient (Wildman–Crippen LogP) is 4.79. The number of hydrogen-bond donors (Lipinski definition) is 0. The molecular formula is C18H32O2Si2. The molecule has 1 aliphatic rings. The van der Waals surface area contributed by atoms with Crippen LogP contribution in [-0.4, -0.2) is 28.3 Å². The van der Waals surface area contributed by atoms with Crippen LogP contribution in [0.5, 0.6) is 0 Å². The van der Waals surface area contributed by atoms with Gasteiger partial charge in [0.2, 0.25) is 0 Å². The van der Waals surface area contributed by atoms with Gasteiger partial charge in [-0.25, -0.2) is 0 Å². The number of aldehydes is 1. The van der Waals surface area contributed by atoms with Crippen molar-refractivity contribution in [1.82, 2.24) is 0 Å². The zero-order valence-electron chi connectivity index (χ0n) is 15.8. The molecule has 0 fully saturated rings. The fraction of sp³-hybridized carbons (Fsp3) is 0.722. The van der Waals surface area contributed by atoms with Gasteiger partial charge in [-0.05, 0) is 39.4 Å². The summed E-state index contributed by atoms with van der Waals surface area (Å²) >= 11 is 0. The van der Waals surface area contributed by atoms with Gasteiger partial charge >= 0.3 is 0 Å². The first kappa shape index (κ1) is 19.4. The molecule has 0 spiro atoms. The maximum Gasteiger partial charge on any atom is 0.185 e. The quantitative estimate of drug-likeness (QED) is 0.421. The highest BCUT2D eigenvalue weighted by Crippen LogP contribution is 2.49. The molecule has 1 atom stereocenters. The maximum absolute atomic E-state index is 12.1. The molecule has 0 N–H and O–H groups in total. The van der Waals surface area contributed by atoms with Gasteiger partial charge < -0.3 is 9.22 Å². The minimum atomic E-state index is -1.83. The lowest BCUT2D eigenvalue weighted by molar-refractivity contribution is -0.132. The molecule has 22 heavy (non-hydrogen) atoms.